The molecule has 0 aliphatic carbocycles. The molecule has 27 heavy (non-hydrogen) atoms. The van der Waals surface area contributed by atoms with E-state index in [1.165, 1.54) is 0 Å². The van der Waals surface area contributed by atoms with E-state index in [0.717, 1.165) is 21.9 Å². The number of nitrogens with one attached hydrogen (secondary N) is 3. The standard InChI is InChI=1S/C18H17BrN4O3S/c1-27(25,26)23-15-4-2-3-12(9-15)11-20-18(24)17-10-16(21-22-17)13-5-7-14(19)8-6-13/h2-10,23H,11H2,1H3,(H,20,24)(H,21,22). The molecule has 0 aliphatic heterocycles. The van der Waals surface area contributed by atoms with Crippen LogP contribution in [-0.4, -0.2) is 30.8 Å². The Hall–Kier alpha value is -2.65. The van der Waals surface area contributed by atoms with Crippen molar-refractivity contribution in [2.75, 3.05) is 11.0 Å². The molecule has 3 aromatic rings. The van der Waals surface area contributed by atoms with Crippen LogP contribution in [0.3, 0.4) is 0 Å². The summed E-state index contributed by atoms with van der Waals surface area (Å²) in [6, 6.07) is 16.1. The van der Waals surface area contributed by atoms with Gasteiger partial charge in [-0.05, 0) is 35.9 Å². The maximum absolute atomic E-state index is 12.3. The summed E-state index contributed by atoms with van der Waals surface area (Å²) in [5.41, 5.74) is 3.13. The third-order valence-electron chi connectivity index (χ3n) is 3.65. The van der Waals surface area contributed by atoms with Gasteiger partial charge in [0, 0.05) is 22.3 Å². The molecule has 3 rings (SSSR count). The first-order valence-electron chi connectivity index (χ1n) is 7.96. The first-order chi connectivity index (χ1) is 12.8. The Kier molecular flexibility index (Phi) is 5.62. The van der Waals surface area contributed by atoms with E-state index in [9.17, 15) is 13.2 Å². The Morgan fingerprint density at radius 1 is 1.15 bits per heavy atom. The number of carbonyl (C=O) groups excluding carboxylic acids is 1. The fourth-order valence-corrected chi connectivity index (χ4v) is 3.26. The molecule has 0 bridgehead atoms. The van der Waals surface area contributed by atoms with Gasteiger partial charge in [0.15, 0.2) is 0 Å². The summed E-state index contributed by atoms with van der Waals surface area (Å²) in [6.07, 6.45) is 1.09. The lowest BCUT2D eigenvalue weighted by Crippen LogP contribution is -2.23. The van der Waals surface area contributed by atoms with Gasteiger partial charge in [0.1, 0.15) is 5.69 Å². The molecule has 0 atom stereocenters. The number of rotatable bonds is 6. The summed E-state index contributed by atoms with van der Waals surface area (Å²) in [6.45, 7) is 0.255. The molecule has 7 nitrogen and oxygen atoms in total. The van der Waals surface area contributed by atoms with Crippen LogP contribution in [-0.2, 0) is 16.6 Å². The fourth-order valence-electron chi connectivity index (χ4n) is 2.44. The summed E-state index contributed by atoms with van der Waals surface area (Å²) in [7, 11) is -3.35. The van der Waals surface area contributed by atoms with Gasteiger partial charge >= 0.3 is 0 Å². The van der Waals surface area contributed by atoms with Gasteiger partial charge in [-0.3, -0.25) is 14.6 Å². The van der Waals surface area contributed by atoms with Gasteiger partial charge in [0.2, 0.25) is 10.0 Å². The van der Waals surface area contributed by atoms with E-state index in [1.807, 2.05) is 24.3 Å². The molecular formula is C18H17BrN4O3S. The van der Waals surface area contributed by atoms with Gasteiger partial charge in [-0.15, -0.1) is 0 Å². The highest BCUT2D eigenvalue weighted by Gasteiger charge is 2.11. The van der Waals surface area contributed by atoms with Crippen LogP contribution in [0.5, 0.6) is 0 Å². The number of halogens is 1. The lowest BCUT2D eigenvalue weighted by molar-refractivity contribution is 0.0946. The second-order valence-corrected chi connectivity index (χ2v) is 8.60. The summed E-state index contributed by atoms with van der Waals surface area (Å²) in [5.74, 6) is -0.299. The Labute approximate surface area is 165 Å². The first-order valence-corrected chi connectivity index (χ1v) is 10.6. The van der Waals surface area contributed by atoms with Crippen molar-refractivity contribution < 1.29 is 13.2 Å². The number of anilines is 1. The lowest BCUT2D eigenvalue weighted by atomic mass is 10.1. The van der Waals surface area contributed by atoms with Crippen molar-refractivity contribution in [2.24, 2.45) is 0 Å². The third kappa shape index (κ3) is 5.41. The largest absolute Gasteiger partial charge is 0.347 e. The maximum atomic E-state index is 12.3. The van der Waals surface area contributed by atoms with Crippen LogP contribution in [0.25, 0.3) is 11.3 Å². The maximum Gasteiger partial charge on any atom is 0.269 e. The zero-order valence-corrected chi connectivity index (χ0v) is 16.8. The smallest absolute Gasteiger partial charge is 0.269 e. The van der Waals surface area contributed by atoms with Crippen molar-refractivity contribution >= 4 is 37.5 Å². The van der Waals surface area contributed by atoms with Crippen LogP contribution in [0.2, 0.25) is 0 Å². The number of amides is 1. The third-order valence-corrected chi connectivity index (χ3v) is 4.78. The molecule has 1 amide bonds. The van der Waals surface area contributed by atoms with Crippen molar-refractivity contribution in [1.82, 2.24) is 15.5 Å². The molecule has 2 aromatic carbocycles. The minimum Gasteiger partial charge on any atom is -0.347 e. The van der Waals surface area contributed by atoms with Crippen molar-refractivity contribution in [2.45, 2.75) is 6.54 Å². The first kappa shape index (κ1) is 19.1. The van der Waals surface area contributed by atoms with Gasteiger partial charge < -0.3 is 5.32 Å². The van der Waals surface area contributed by atoms with Crippen molar-refractivity contribution in [1.29, 1.82) is 0 Å². The van der Waals surface area contributed by atoms with E-state index in [2.05, 4.69) is 36.2 Å². The van der Waals surface area contributed by atoms with E-state index in [4.69, 9.17) is 0 Å². The predicted molar refractivity (Wildman–Crippen MR) is 108 cm³/mol. The Morgan fingerprint density at radius 2 is 1.89 bits per heavy atom. The SMILES string of the molecule is CS(=O)(=O)Nc1cccc(CNC(=O)c2cc(-c3ccc(Br)cc3)n[nH]2)c1. The molecule has 0 aliphatic rings. The zero-order chi connectivity index (χ0) is 19.4. The molecule has 0 unspecified atom stereocenters. The van der Waals surface area contributed by atoms with Gasteiger partial charge in [0.25, 0.3) is 5.91 Å². The van der Waals surface area contributed by atoms with E-state index in [-0.39, 0.29) is 12.5 Å². The molecule has 0 spiro atoms. The molecule has 140 valence electrons. The number of aromatic amines is 1. The number of carbonyl (C=O) groups is 1. The Balaban J connectivity index is 1.65. The van der Waals surface area contributed by atoms with Crippen LogP contribution in [0.15, 0.2) is 59.1 Å². The van der Waals surface area contributed by atoms with Crippen molar-refractivity contribution in [3.05, 3.63) is 70.3 Å². The minimum absolute atomic E-state index is 0.255. The van der Waals surface area contributed by atoms with Crippen LogP contribution >= 0.6 is 15.9 Å². The number of H-pyrrole nitrogens is 1. The number of aromatic nitrogens is 2. The number of benzene rings is 2. The van der Waals surface area contributed by atoms with E-state index in [0.29, 0.717) is 17.1 Å². The Bertz CT molecular complexity index is 1060. The molecular weight excluding hydrogens is 432 g/mol. The lowest BCUT2D eigenvalue weighted by Gasteiger charge is -2.07. The van der Waals surface area contributed by atoms with Crippen LogP contribution in [0.4, 0.5) is 5.69 Å². The Morgan fingerprint density at radius 3 is 2.59 bits per heavy atom. The number of nitrogens with zero attached hydrogens (tertiary/aromatic N) is 1. The van der Waals surface area contributed by atoms with Crippen LogP contribution < -0.4 is 10.0 Å². The molecule has 0 saturated heterocycles. The van der Waals surface area contributed by atoms with Gasteiger partial charge in [0.05, 0.1) is 11.9 Å². The molecule has 9 heteroatoms. The van der Waals surface area contributed by atoms with Crippen LogP contribution in [0, 0.1) is 0 Å². The van der Waals surface area contributed by atoms with E-state index < -0.39 is 10.0 Å². The zero-order valence-electron chi connectivity index (χ0n) is 14.4. The number of hydrogen-bond donors (Lipinski definition) is 3. The highest BCUT2D eigenvalue weighted by molar-refractivity contribution is 9.10. The summed E-state index contributed by atoms with van der Waals surface area (Å²) in [5, 5.41) is 9.68. The fraction of sp³-hybridized carbons (Fsp3) is 0.111. The quantitative estimate of drug-likeness (QED) is 0.538. The van der Waals surface area contributed by atoms with Gasteiger partial charge in [-0.25, -0.2) is 8.42 Å². The molecule has 3 N–H and O–H groups in total. The molecule has 0 radical (unpaired) electrons. The second kappa shape index (κ2) is 7.93. The monoisotopic (exact) mass is 448 g/mol. The second-order valence-electron chi connectivity index (χ2n) is 5.93. The average Bonchev–Trinajstić information content (AvgIpc) is 3.09. The average molecular weight is 449 g/mol. The molecule has 1 aromatic heterocycles. The summed E-state index contributed by atoms with van der Waals surface area (Å²) >= 11 is 3.38. The predicted octanol–water partition coefficient (Wildman–Crippen LogP) is 3.14. The molecule has 0 saturated carbocycles. The summed E-state index contributed by atoms with van der Waals surface area (Å²) in [4.78, 5) is 12.3. The van der Waals surface area contributed by atoms with E-state index >= 15 is 0 Å². The van der Waals surface area contributed by atoms with E-state index in [1.54, 1.807) is 30.3 Å². The van der Waals surface area contributed by atoms with Crippen molar-refractivity contribution in [3.8, 4) is 11.3 Å². The summed E-state index contributed by atoms with van der Waals surface area (Å²) < 4.78 is 26.0. The van der Waals surface area contributed by atoms with Gasteiger partial charge in [-0.1, -0.05) is 40.2 Å². The normalized spacial score (nSPS) is 11.2. The number of sulfonamides is 1. The molecule has 0 fully saturated rings. The van der Waals surface area contributed by atoms with Gasteiger partial charge in [-0.2, -0.15) is 5.10 Å². The highest BCUT2D eigenvalue weighted by Crippen LogP contribution is 2.20. The topological polar surface area (TPSA) is 104 Å². The highest BCUT2D eigenvalue weighted by atomic mass is 79.9. The minimum atomic E-state index is -3.35. The van der Waals surface area contributed by atoms with Crippen molar-refractivity contribution in [3.63, 3.8) is 0 Å². The number of hydrogen-bond acceptors (Lipinski definition) is 4. The van der Waals surface area contributed by atoms with Crippen LogP contribution in [0.1, 0.15) is 16.1 Å². The molecule has 1 heterocycles.